The fourth-order valence-corrected chi connectivity index (χ4v) is 4.06. The van der Waals surface area contributed by atoms with Gasteiger partial charge < -0.3 is 4.98 Å². The van der Waals surface area contributed by atoms with Crippen LogP contribution < -0.4 is 0 Å². The zero-order valence-corrected chi connectivity index (χ0v) is 14.9. The smallest absolute Gasteiger partial charge is 0.281 e. The number of nitrogens with zero attached hydrogens (tertiary/aromatic N) is 5. The summed E-state index contributed by atoms with van der Waals surface area (Å²) in [7, 11) is -0.218. The Bertz CT molecular complexity index is 817. The Labute approximate surface area is 142 Å². The van der Waals surface area contributed by atoms with Crippen LogP contribution in [0.1, 0.15) is 17.8 Å². The average Bonchev–Trinajstić information content (AvgIpc) is 3.17. The van der Waals surface area contributed by atoms with E-state index in [0.29, 0.717) is 31.0 Å². The molecule has 24 heavy (non-hydrogen) atoms. The van der Waals surface area contributed by atoms with Gasteiger partial charge in [-0.05, 0) is 25.7 Å². The quantitative estimate of drug-likeness (QED) is 0.862. The molecule has 1 atom stereocenters. The van der Waals surface area contributed by atoms with Gasteiger partial charge in [0.2, 0.25) is 0 Å². The van der Waals surface area contributed by atoms with Gasteiger partial charge in [-0.3, -0.25) is 4.98 Å². The van der Waals surface area contributed by atoms with Gasteiger partial charge in [-0.2, -0.15) is 17.0 Å². The van der Waals surface area contributed by atoms with Crippen LogP contribution in [0.15, 0.2) is 18.6 Å². The Hall–Kier alpha value is -1.84. The number of nitrogens with one attached hydrogen (secondary N) is 1. The lowest BCUT2D eigenvalue weighted by molar-refractivity contribution is 0.409. The molecule has 1 aliphatic rings. The number of hydrogen-bond acceptors (Lipinski definition) is 5. The monoisotopic (exact) mass is 350 g/mol. The first-order valence-corrected chi connectivity index (χ1v) is 9.26. The second-order valence-corrected chi connectivity index (χ2v) is 8.46. The maximum absolute atomic E-state index is 12.2. The zero-order chi connectivity index (χ0) is 17.3. The van der Waals surface area contributed by atoms with Crippen LogP contribution in [0.25, 0.3) is 11.5 Å². The SMILES string of the molecule is Cc1cnc(-c2cncc(CC3CCN(S(=O)(=O)N(C)C)C3)n2)[nH]1. The third-order valence-electron chi connectivity index (χ3n) is 4.16. The molecule has 1 aliphatic heterocycles. The second kappa shape index (κ2) is 6.58. The first-order valence-electron chi connectivity index (χ1n) is 7.87. The molecule has 130 valence electrons. The van der Waals surface area contributed by atoms with Crippen LogP contribution >= 0.6 is 0 Å². The highest BCUT2D eigenvalue weighted by Crippen LogP contribution is 2.24. The lowest BCUT2D eigenvalue weighted by Gasteiger charge is -2.20. The molecule has 2 aromatic rings. The van der Waals surface area contributed by atoms with Crippen molar-refractivity contribution in [3.8, 4) is 11.5 Å². The van der Waals surface area contributed by atoms with E-state index >= 15 is 0 Å². The summed E-state index contributed by atoms with van der Waals surface area (Å²) in [5.74, 6) is 0.952. The van der Waals surface area contributed by atoms with Gasteiger partial charge in [0.25, 0.3) is 10.2 Å². The van der Waals surface area contributed by atoms with Crippen LogP contribution in [0.3, 0.4) is 0 Å². The predicted molar refractivity (Wildman–Crippen MR) is 90.3 cm³/mol. The Morgan fingerprint density at radius 1 is 1.33 bits per heavy atom. The van der Waals surface area contributed by atoms with Gasteiger partial charge in [0.15, 0.2) is 5.82 Å². The maximum Gasteiger partial charge on any atom is 0.281 e. The minimum absolute atomic E-state index is 0.252. The maximum atomic E-state index is 12.2. The van der Waals surface area contributed by atoms with Crippen molar-refractivity contribution in [2.75, 3.05) is 27.2 Å². The van der Waals surface area contributed by atoms with Crippen molar-refractivity contribution in [1.29, 1.82) is 0 Å². The molecule has 0 radical (unpaired) electrons. The molecule has 3 rings (SSSR count). The van der Waals surface area contributed by atoms with Crippen molar-refractivity contribution >= 4 is 10.2 Å². The van der Waals surface area contributed by atoms with E-state index in [9.17, 15) is 8.42 Å². The molecule has 1 fully saturated rings. The van der Waals surface area contributed by atoms with Crippen LogP contribution in [0.2, 0.25) is 0 Å². The highest BCUT2D eigenvalue weighted by Gasteiger charge is 2.32. The lowest BCUT2D eigenvalue weighted by Crippen LogP contribution is -2.38. The first kappa shape index (κ1) is 17.0. The van der Waals surface area contributed by atoms with E-state index in [1.807, 2.05) is 6.92 Å². The van der Waals surface area contributed by atoms with Crippen molar-refractivity contribution in [2.24, 2.45) is 5.92 Å². The van der Waals surface area contributed by atoms with Crippen LogP contribution in [0.5, 0.6) is 0 Å². The topological polar surface area (TPSA) is 95.1 Å². The van der Waals surface area contributed by atoms with Gasteiger partial charge in [-0.1, -0.05) is 0 Å². The van der Waals surface area contributed by atoms with Gasteiger partial charge in [0.1, 0.15) is 5.69 Å². The van der Waals surface area contributed by atoms with Gasteiger partial charge in [-0.15, -0.1) is 0 Å². The molecule has 0 bridgehead atoms. The number of aromatic amines is 1. The zero-order valence-electron chi connectivity index (χ0n) is 14.1. The molecule has 0 aromatic carbocycles. The number of H-pyrrole nitrogens is 1. The highest BCUT2D eigenvalue weighted by atomic mass is 32.2. The van der Waals surface area contributed by atoms with Crippen LogP contribution in [-0.2, 0) is 16.6 Å². The lowest BCUT2D eigenvalue weighted by atomic mass is 10.0. The summed E-state index contributed by atoms with van der Waals surface area (Å²) in [6, 6.07) is 0. The number of hydrogen-bond donors (Lipinski definition) is 1. The summed E-state index contributed by atoms with van der Waals surface area (Å²) in [5.41, 5.74) is 2.53. The minimum Gasteiger partial charge on any atom is -0.341 e. The molecule has 9 heteroatoms. The molecule has 1 saturated heterocycles. The van der Waals surface area contributed by atoms with E-state index in [1.165, 1.54) is 8.61 Å². The number of imidazole rings is 1. The molecular weight excluding hydrogens is 328 g/mol. The molecule has 8 nitrogen and oxygen atoms in total. The fourth-order valence-electron chi connectivity index (χ4n) is 2.86. The van der Waals surface area contributed by atoms with Crippen molar-refractivity contribution in [1.82, 2.24) is 28.5 Å². The van der Waals surface area contributed by atoms with Crippen molar-refractivity contribution in [3.05, 3.63) is 30.0 Å². The van der Waals surface area contributed by atoms with E-state index in [1.54, 1.807) is 32.7 Å². The second-order valence-electron chi connectivity index (χ2n) is 6.32. The summed E-state index contributed by atoms with van der Waals surface area (Å²) < 4.78 is 27.2. The minimum atomic E-state index is -3.33. The highest BCUT2D eigenvalue weighted by molar-refractivity contribution is 7.86. The molecule has 1 unspecified atom stereocenters. The van der Waals surface area contributed by atoms with Crippen LogP contribution in [0.4, 0.5) is 0 Å². The number of rotatable bonds is 5. The molecule has 2 aromatic heterocycles. The molecule has 3 heterocycles. The van der Waals surface area contributed by atoms with Crippen molar-refractivity contribution in [3.63, 3.8) is 0 Å². The number of aryl methyl sites for hydroxylation is 1. The third-order valence-corrected chi connectivity index (χ3v) is 6.07. The van der Waals surface area contributed by atoms with E-state index in [4.69, 9.17) is 0 Å². The van der Waals surface area contributed by atoms with Crippen LogP contribution in [0, 0.1) is 12.8 Å². The molecule has 0 aliphatic carbocycles. The van der Waals surface area contributed by atoms with E-state index in [-0.39, 0.29) is 5.92 Å². The Kier molecular flexibility index (Phi) is 4.66. The summed E-state index contributed by atoms with van der Waals surface area (Å²) in [6.07, 6.45) is 6.71. The van der Waals surface area contributed by atoms with Gasteiger partial charge >= 0.3 is 0 Å². The van der Waals surface area contributed by atoms with Gasteiger partial charge in [-0.25, -0.2) is 9.97 Å². The standard InChI is InChI=1S/C15H22N6O2S/c1-11-7-17-15(18-11)14-9-16-8-13(19-14)6-12-4-5-21(10-12)24(22,23)20(2)3/h7-9,12H,4-6,10H2,1-3H3,(H,17,18). The van der Waals surface area contributed by atoms with Crippen molar-refractivity contribution in [2.45, 2.75) is 19.8 Å². The largest absolute Gasteiger partial charge is 0.341 e. The summed E-state index contributed by atoms with van der Waals surface area (Å²) in [4.78, 5) is 16.3. The Morgan fingerprint density at radius 2 is 2.12 bits per heavy atom. The Balaban J connectivity index is 1.69. The third kappa shape index (κ3) is 3.47. The summed E-state index contributed by atoms with van der Waals surface area (Å²) in [5, 5.41) is 0. The van der Waals surface area contributed by atoms with Gasteiger partial charge in [0.05, 0.1) is 11.9 Å². The van der Waals surface area contributed by atoms with Gasteiger partial charge in [0, 0.05) is 45.3 Å². The van der Waals surface area contributed by atoms with Crippen molar-refractivity contribution < 1.29 is 8.42 Å². The van der Waals surface area contributed by atoms with E-state index < -0.39 is 10.2 Å². The molecule has 0 amide bonds. The summed E-state index contributed by atoms with van der Waals surface area (Å²) >= 11 is 0. The summed E-state index contributed by atoms with van der Waals surface area (Å²) in [6.45, 7) is 3.01. The molecule has 0 spiro atoms. The average molecular weight is 350 g/mol. The predicted octanol–water partition coefficient (Wildman–Crippen LogP) is 0.846. The fraction of sp³-hybridized carbons (Fsp3) is 0.533. The molecule has 0 saturated carbocycles. The Morgan fingerprint density at radius 3 is 2.79 bits per heavy atom. The number of aromatic nitrogens is 4. The van der Waals surface area contributed by atoms with Crippen LogP contribution in [-0.4, -0.2) is 64.1 Å². The molecule has 1 N–H and O–H groups in total. The van der Waals surface area contributed by atoms with E-state index in [2.05, 4.69) is 19.9 Å². The normalized spacial score (nSPS) is 19.2. The molecular formula is C15H22N6O2S. The van der Waals surface area contributed by atoms with E-state index in [0.717, 1.165) is 17.8 Å². The first-order chi connectivity index (χ1) is 11.4.